The van der Waals surface area contributed by atoms with E-state index >= 15 is 0 Å². The van der Waals surface area contributed by atoms with E-state index in [1.54, 1.807) is 12.1 Å². The molecule has 2 nitrogen and oxygen atoms in total. The van der Waals surface area contributed by atoms with E-state index < -0.39 is 9.05 Å². The lowest BCUT2D eigenvalue weighted by Gasteiger charge is -2.14. The van der Waals surface area contributed by atoms with E-state index in [0.29, 0.717) is 5.92 Å². The summed E-state index contributed by atoms with van der Waals surface area (Å²) < 4.78 is 22.3. The average Bonchev–Trinajstić information content (AvgIpc) is 2.34. The van der Waals surface area contributed by atoms with Crippen LogP contribution < -0.4 is 0 Å². The zero-order valence-corrected chi connectivity index (χ0v) is 12.6. The average molecular weight is 289 g/mol. The normalized spacial score (nSPS) is 13.5. The van der Waals surface area contributed by atoms with Gasteiger partial charge in [0, 0.05) is 10.7 Å². The third-order valence-corrected chi connectivity index (χ3v) is 4.64. The molecule has 0 saturated carbocycles. The van der Waals surface area contributed by atoms with Crippen LogP contribution >= 0.6 is 10.7 Å². The van der Waals surface area contributed by atoms with E-state index in [0.717, 1.165) is 12.8 Å². The number of halogens is 1. The van der Waals surface area contributed by atoms with Gasteiger partial charge in [0.05, 0.1) is 4.90 Å². The van der Waals surface area contributed by atoms with Gasteiger partial charge >= 0.3 is 0 Å². The van der Waals surface area contributed by atoms with E-state index in [2.05, 4.69) is 13.8 Å². The summed E-state index contributed by atoms with van der Waals surface area (Å²) in [5.41, 5.74) is 1.18. The van der Waals surface area contributed by atoms with Crippen molar-refractivity contribution in [3.05, 3.63) is 29.8 Å². The van der Waals surface area contributed by atoms with Crippen LogP contribution in [0.2, 0.25) is 0 Å². The Kier molecular flexibility index (Phi) is 6.16. The first-order chi connectivity index (χ1) is 8.47. The highest BCUT2D eigenvalue weighted by Gasteiger charge is 2.11. The highest BCUT2D eigenvalue weighted by Crippen LogP contribution is 2.21. The van der Waals surface area contributed by atoms with Crippen LogP contribution in [0.25, 0.3) is 0 Å². The van der Waals surface area contributed by atoms with Crippen LogP contribution in [0.3, 0.4) is 0 Å². The Morgan fingerprint density at radius 2 is 1.78 bits per heavy atom. The van der Waals surface area contributed by atoms with Gasteiger partial charge in [0.15, 0.2) is 0 Å². The molecule has 0 spiro atoms. The Balaban J connectivity index is 2.68. The van der Waals surface area contributed by atoms with Crippen molar-refractivity contribution >= 4 is 19.7 Å². The molecule has 4 heteroatoms. The van der Waals surface area contributed by atoms with Crippen molar-refractivity contribution in [3.63, 3.8) is 0 Å². The van der Waals surface area contributed by atoms with Gasteiger partial charge in [-0.3, -0.25) is 0 Å². The molecule has 1 aromatic rings. The summed E-state index contributed by atoms with van der Waals surface area (Å²) in [5, 5.41) is 0. The van der Waals surface area contributed by atoms with E-state index in [1.165, 1.54) is 24.8 Å². The number of unbranched alkanes of at least 4 members (excludes halogenated alkanes) is 1. The lowest BCUT2D eigenvalue weighted by atomic mass is 9.92. The van der Waals surface area contributed by atoms with Gasteiger partial charge in [-0.2, -0.15) is 0 Å². The third-order valence-electron chi connectivity index (χ3n) is 3.27. The Morgan fingerprint density at radius 3 is 2.22 bits per heavy atom. The van der Waals surface area contributed by atoms with Gasteiger partial charge < -0.3 is 0 Å². The van der Waals surface area contributed by atoms with Gasteiger partial charge in [0.25, 0.3) is 9.05 Å². The summed E-state index contributed by atoms with van der Waals surface area (Å²) in [7, 11) is 1.69. The van der Waals surface area contributed by atoms with Crippen LogP contribution in [0.5, 0.6) is 0 Å². The predicted molar refractivity (Wildman–Crippen MR) is 76.5 cm³/mol. The minimum Gasteiger partial charge on any atom is -0.207 e. The van der Waals surface area contributed by atoms with Crippen LogP contribution in [-0.2, 0) is 15.5 Å². The molecule has 0 aromatic heterocycles. The van der Waals surface area contributed by atoms with Crippen LogP contribution in [0.4, 0.5) is 0 Å². The maximum absolute atomic E-state index is 11.1. The lowest BCUT2D eigenvalue weighted by molar-refractivity contribution is 0.449. The summed E-state index contributed by atoms with van der Waals surface area (Å²) in [4.78, 5) is 0.175. The number of hydrogen-bond donors (Lipinski definition) is 0. The second-order valence-electron chi connectivity index (χ2n) is 4.70. The highest BCUT2D eigenvalue weighted by atomic mass is 35.7. The quantitative estimate of drug-likeness (QED) is 0.698. The van der Waals surface area contributed by atoms with E-state index in [1.807, 2.05) is 12.1 Å². The molecule has 102 valence electrons. The van der Waals surface area contributed by atoms with E-state index in [9.17, 15) is 8.42 Å². The zero-order valence-electron chi connectivity index (χ0n) is 11.0. The fourth-order valence-corrected chi connectivity index (χ4v) is 2.83. The molecule has 1 aromatic carbocycles. The van der Waals surface area contributed by atoms with Gasteiger partial charge in [0.2, 0.25) is 0 Å². The van der Waals surface area contributed by atoms with Crippen molar-refractivity contribution in [2.24, 2.45) is 5.92 Å². The topological polar surface area (TPSA) is 34.1 Å². The fraction of sp³-hybridized carbons (Fsp3) is 0.571. The molecular weight excluding hydrogens is 268 g/mol. The molecule has 0 saturated heterocycles. The predicted octanol–water partition coefficient (Wildman–Crippen LogP) is 4.37. The maximum atomic E-state index is 11.1. The SMILES string of the molecule is CCCCC(CC)Cc1ccc(S(=O)(=O)Cl)cc1. The van der Waals surface area contributed by atoms with Crippen LogP contribution in [-0.4, -0.2) is 8.42 Å². The van der Waals surface area contributed by atoms with Crippen molar-refractivity contribution in [1.29, 1.82) is 0 Å². The number of hydrogen-bond acceptors (Lipinski definition) is 2. The Bertz CT molecular complexity index is 451. The summed E-state index contributed by atoms with van der Waals surface area (Å²) >= 11 is 0. The van der Waals surface area contributed by atoms with Gasteiger partial charge in [-0.15, -0.1) is 0 Å². The van der Waals surface area contributed by atoms with Crippen LogP contribution in [0, 0.1) is 5.92 Å². The monoisotopic (exact) mass is 288 g/mol. The fourth-order valence-electron chi connectivity index (χ4n) is 2.06. The molecule has 0 aliphatic rings. The molecule has 0 heterocycles. The molecule has 1 atom stereocenters. The van der Waals surface area contributed by atoms with Crippen molar-refractivity contribution < 1.29 is 8.42 Å². The van der Waals surface area contributed by atoms with Gasteiger partial charge in [0.1, 0.15) is 0 Å². The summed E-state index contributed by atoms with van der Waals surface area (Å²) in [6.07, 6.45) is 5.89. The van der Waals surface area contributed by atoms with Crippen molar-refractivity contribution in [3.8, 4) is 0 Å². The Hall–Kier alpha value is -0.540. The Labute approximate surface area is 115 Å². The summed E-state index contributed by atoms with van der Waals surface area (Å²) in [5.74, 6) is 0.684. The first kappa shape index (κ1) is 15.5. The highest BCUT2D eigenvalue weighted by molar-refractivity contribution is 8.13. The van der Waals surface area contributed by atoms with Gasteiger partial charge in [-0.05, 0) is 30.0 Å². The molecule has 0 bridgehead atoms. The minimum absolute atomic E-state index is 0.175. The molecule has 1 unspecified atom stereocenters. The lowest BCUT2D eigenvalue weighted by Crippen LogP contribution is -2.03. The summed E-state index contributed by atoms with van der Waals surface area (Å²) in [6.45, 7) is 4.41. The summed E-state index contributed by atoms with van der Waals surface area (Å²) in [6, 6.07) is 6.90. The molecule has 1 rings (SSSR count). The molecule has 0 radical (unpaired) electrons. The minimum atomic E-state index is -3.60. The van der Waals surface area contributed by atoms with Crippen LogP contribution in [0.15, 0.2) is 29.2 Å². The third kappa shape index (κ3) is 4.99. The molecule has 18 heavy (non-hydrogen) atoms. The molecule has 0 fully saturated rings. The smallest absolute Gasteiger partial charge is 0.207 e. The second-order valence-corrected chi connectivity index (χ2v) is 7.27. The van der Waals surface area contributed by atoms with Crippen molar-refractivity contribution in [1.82, 2.24) is 0 Å². The first-order valence-corrected chi connectivity index (χ1v) is 8.81. The number of benzene rings is 1. The zero-order chi connectivity index (χ0) is 13.6. The van der Waals surface area contributed by atoms with E-state index in [-0.39, 0.29) is 4.90 Å². The second kappa shape index (κ2) is 7.15. The van der Waals surface area contributed by atoms with E-state index in [4.69, 9.17) is 10.7 Å². The van der Waals surface area contributed by atoms with Crippen molar-refractivity contribution in [2.75, 3.05) is 0 Å². The maximum Gasteiger partial charge on any atom is 0.261 e. The largest absolute Gasteiger partial charge is 0.261 e. The molecule has 0 amide bonds. The number of rotatable bonds is 7. The van der Waals surface area contributed by atoms with Gasteiger partial charge in [-0.25, -0.2) is 8.42 Å². The molecular formula is C14H21ClO2S. The standard InChI is InChI=1S/C14H21ClO2S/c1-3-5-6-12(4-2)11-13-7-9-14(10-8-13)18(15,16)17/h7-10,12H,3-6,11H2,1-2H3. The Morgan fingerprint density at radius 1 is 1.17 bits per heavy atom. The molecule has 0 N–H and O–H groups in total. The molecule has 0 aliphatic heterocycles. The first-order valence-electron chi connectivity index (χ1n) is 6.51. The van der Waals surface area contributed by atoms with Gasteiger partial charge in [-0.1, -0.05) is 51.7 Å². The molecule has 0 aliphatic carbocycles. The van der Waals surface area contributed by atoms with Crippen molar-refractivity contribution in [2.45, 2.75) is 50.8 Å². The van der Waals surface area contributed by atoms with Crippen LogP contribution in [0.1, 0.15) is 45.1 Å².